The lowest BCUT2D eigenvalue weighted by molar-refractivity contribution is -0.149. The van der Waals surface area contributed by atoms with Crippen LogP contribution >= 0.6 is 0 Å². The summed E-state index contributed by atoms with van der Waals surface area (Å²) in [5.74, 6) is -1.09. The van der Waals surface area contributed by atoms with Crippen LogP contribution in [0.2, 0.25) is 0 Å². The van der Waals surface area contributed by atoms with Gasteiger partial charge in [-0.05, 0) is 13.0 Å². The van der Waals surface area contributed by atoms with E-state index in [1.54, 1.807) is 6.08 Å². The number of ketones is 1. The van der Waals surface area contributed by atoms with Crippen LogP contribution in [0.4, 0.5) is 0 Å². The minimum Gasteiger partial charge on any atom is -0.497 e. The Bertz CT molecular complexity index is 303. The van der Waals surface area contributed by atoms with Crippen LogP contribution in [0.15, 0.2) is 23.5 Å². The minimum atomic E-state index is -1.43. The maximum atomic E-state index is 11.1. The van der Waals surface area contributed by atoms with Gasteiger partial charge in [-0.3, -0.25) is 4.79 Å². The predicted octanol–water partition coefficient (Wildman–Crippen LogP) is 0.771. The number of Topliss-reactive ketones (excluding diaryl/α,β-unsaturated/α-hetero) is 1. The number of allylic oxidation sites excluding steroid dienone is 1. The molecule has 0 heterocycles. The van der Waals surface area contributed by atoms with Crippen LogP contribution in [0, 0.1) is 0 Å². The Kier molecular flexibility index (Phi) is 3.08. The highest BCUT2D eigenvalue weighted by Crippen LogP contribution is 2.27. The van der Waals surface area contributed by atoms with Crippen LogP contribution in [0.25, 0.3) is 0 Å². The van der Waals surface area contributed by atoms with Gasteiger partial charge in [-0.2, -0.15) is 0 Å². The summed E-state index contributed by atoms with van der Waals surface area (Å²) in [6.45, 7) is 1.44. The standard InChI is InChI=1S/C10H14O4/c1-7(11)8-4-9(13-2)6-10(12,5-8)14-3/h4,6,12H,5H2,1-3H3. The largest absolute Gasteiger partial charge is 0.497 e. The van der Waals surface area contributed by atoms with Crippen molar-refractivity contribution in [2.75, 3.05) is 14.2 Å². The van der Waals surface area contributed by atoms with Crippen molar-refractivity contribution in [2.45, 2.75) is 19.1 Å². The second-order valence-corrected chi connectivity index (χ2v) is 3.20. The van der Waals surface area contributed by atoms with E-state index < -0.39 is 5.79 Å². The Morgan fingerprint density at radius 2 is 2.21 bits per heavy atom. The van der Waals surface area contributed by atoms with E-state index in [0.29, 0.717) is 11.3 Å². The second kappa shape index (κ2) is 3.94. The highest BCUT2D eigenvalue weighted by molar-refractivity contribution is 5.94. The first-order chi connectivity index (χ1) is 6.50. The summed E-state index contributed by atoms with van der Waals surface area (Å²) in [6, 6.07) is 0. The van der Waals surface area contributed by atoms with Crippen molar-refractivity contribution >= 4 is 5.78 Å². The number of aliphatic hydroxyl groups is 1. The molecule has 0 aromatic carbocycles. The number of methoxy groups -OCH3 is 2. The molecule has 1 N–H and O–H groups in total. The van der Waals surface area contributed by atoms with E-state index in [-0.39, 0.29) is 12.2 Å². The Morgan fingerprint density at radius 3 is 2.64 bits per heavy atom. The smallest absolute Gasteiger partial charge is 0.193 e. The van der Waals surface area contributed by atoms with Gasteiger partial charge in [0.1, 0.15) is 5.76 Å². The first kappa shape index (κ1) is 10.9. The van der Waals surface area contributed by atoms with Crippen molar-refractivity contribution in [3.05, 3.63) is 23.5 Å². The van der Waals surface area contributed by atoms with Crippen LogP contribution in [-0.2, 0) is 14.3 Å². The summed E-state index contributed by atoms with van der Waals surface area (Å²) in [5.41, 5.74) is 0.494. The summed E-state index contributed by atoms with van der Waals surface area (Å²) < 4.78 is 9.86. The molecule has 1 aliphatic rings. The van der Waals surface area contributed by atoms with Crippen LogP contribution in [0.5, 0.6) is 0 Å². The summed E-state index contributed by atoms with van der Waals surface area (Å²) in [4.78, 5) is 11.1. The molecule has 1 unspecified atom stereocenters. The van der Waals surface area contributed by atoms with Crippen molar-refractivity contribution in [2.24, 2.45) is 0 Å². The van der Waals surface area contributed by atoms with Crippen molar-refractivity contribution in [3.63, 3.8) is 0 Å². The third-order valence-corrected chi connectivity index (χ3v) is 2.17. The van der Waals surface area contributed by atoms with Gasteiger partial charge in [0.15, 0.2) is 11.6 Å². The first-order valence-corrected chi connectivity index (χ1v) is 4.26. The van der Waals surface area contributed by atoms with Gasteiger partial charge in [-0.1, -0.05) is 0 Å². The van der Waals surface area contributed by atoms with Gasteiger partial charge < -0.3 is 14.6 Å². The Labute approximate surface area is 82.8 Å². The van der Waals surface area contributed by atoms with E-state index in [0.717, 1.165) is 0 Å². The lowest BCUT2D eigenvalue weighted by atomic mass is 9.96. The van der Waals surface area contributed by atoms with Gasteiger partial charge >= 0.3 is 0 Å². The highest BCUT2D eigenvalue weighted by Gasteiger charge is 2.31. The Balaban J connectivity index is 3.00. The maximum absolute atomic E-state index is 11.1. The SMILES string of the molecule is COC1=CC(O)(OC)CC(C(C)=O)=C1. The van der Waals surface area contributed by atoms with E-state index in [1.165, 1.54) is 27.2 Å². The van der Waals surface area contributed by atoms with Gasteiger partial charge in [-0.15, -0.1) is 0 Å². The number of rotatable bonds is 3. The van der Waals surface area contributed by atoms with E-state index in [2.05, 4.69) is 0 Å². The number of hydrogen-bond acceptors (Lipinski definition) is 4. The third kappa shape index (κ3) is 2.21. The third-order valence-electron chi connectivity index (χ3n) is 2.17. The molecule has 0 radical (unpaired) electrons. The lowest BCUT2D eigenvalue weighted by Crippen LogP contribution is -2.32. The second-order valence-electron chi connectivity index (χ2n) is 3.20. The predicted molar refractivity (Wildman–Crippen MR) is 50.4 cm³/mol. The number of ether oxygens (including phenoxy) is 2. The lowest BCUT2D eigenvalue weighted by Gasteiger charge is -2.27. The molecule has 78 valence electrons. The molecule has 1 atom stereocenters. The van der Waals surface area contributed by atoms with Crippen LogP contribution in [-0.4, -0.2) is 30.9 Å². The van der Waals surface area contributed by atoms with Crippen LogP contribution in [0.1, 0.15) is 13.3 Å². The van der Waals surface area contributed by atoms with Gasteiger partial charge in [0.05, 0.1) is 7.11 Å². The van der Waals surface area contributed by atoms with Gasteiger partial charge in [-0.25, -0.2) is 0 Å². The molecule has 4 nitrogen and oxygen atoms in total. The van der Waals surface area contributed by atoms with Gasteiger partial charge in [0, 0.05) is 25.2 Å². The molecule has 0 aliphatic heterocycles. The molecule has 0 aromatic heterocycles. The fraction of sp³-hybridized carbons (Fsp3) is 0.500. The molecule has 0 fully saturated rings. The minimum absolute atomic E-state index is 0.0943. The number of hydrogen-bond donors (Lipinski definition) is 1. The Hall–Kier alpha value is -1.13. The molecule has 0 spiro atoms. The van der Waals surface area contributed by atoms with E-state index in [9.17, 15) is 9.90 Å². The average molecular weight is 198 g/mol. The summed E-state index contributed by atoms with van der Waals surface area (Å²) in [5, 5.41) is 9.83. The zero-order chi connectivity index (χ0) is 10.8. The molecule has 0 amide bonds. The van der Waals surface area contributed by atoms with E-state index in [4.69, 9.17) is 9.47 Å². The maximum Gasteiger partial charge on any atom is 0.193 e. The van der Waals surface area contributed by atoms with Crippen LogP contribution in [0.3, 0.4) is 0 Å². The molecule has 4 heteroatoms. The fourth-order valence-corrected chi connectivity index (χ4v) is 1.29. The summed E-state index contributed by atoms with van der Waals surface area (Å²) >= 11 is 0. The molecule has 14 heavy (non-hydrogen) atoms. The molecular formula is C10H14O4. The number of carbonyl (C=O) groups excluding carboxylic acids is 1. The normalized spacial score (nSPS) is 26.6. The van der Waals surface area contributed by atoms with Gasteiger partial charge in [0.2, 0.25) is 0 Å². The van der Waals surface area contributed by atoms with Crippen molar-refractivity contribution in [1.29, 1.82) is 0 Å². The zero-order valence-corrected chi connectivity index (χ0v) is 8.53. The molecule has 0 aromatic rings. The zero-order valence-electron chi connectivity index (χ0n) is 8.53. The average Bonchev–Trinajstić information content (AvgIpc) is 2.17. The van der Waals surface area contributed by atoms with E-state index >= 15 is 0 Å². The molecule has 1 rings (SSSR count). The monoisotopic (exact) mass is 198 g/mol. The van der Waals surface area contributed by atoms with Gasteiger partial charge in [0.25, 0.3) is 0 Å². The quantitative estimate of drug-likeness (QED) is 0.680. The molecule has 0 bridgehead atoms. The molecule has 0 saturated heterocycles. The molecular weight excluding hydrogens is 184 g/mol. The van der Waals surface area contributed by atoms with E-state index in [1.807, 2.05) is 0 Å². The van der Waals surface area contributed by atoms with Crippen molar-refractivity contribution < 1.29 is 19.4 Å². The molecule has 0 saturated carbocycles. The summed E-state index contributed by atoms with van der Waals surface area (Å²) in [7, 11) is 2.86. The fourth-order valence-electron chi connectivity index (χ4n) is 1.29. The van der Waals surface area contributed by atoms with Crippen LogP contribution < -0.4 is 0 Å². The molecule has 1 aliphatic carbocycles. The van der Waals surface area contributed by atoms with Crippen molar-refractivity contribution in [1.82, 2.24) is 0 Å². The topological polar surface area (TPSA) is 55.8 Å². The summed E-state index contributed by atoms with van der Waals surface area (Å²) in [6.07, 6.45) is 3.21. The number of carbonyl (C=O) groups is 1. The van der Waals surface area contributed by atoms with Crippen molar-refractivity contribution in [3.8, 4) is 0 Å². The first-order valence-electron chi connectivity index (χ1n) is 4.26. The Morgan fingerprint density at radius 1 is 1.57 bits per heavy atom. The highest BCUT2D eigenvalue weighted by atomic mass is 16.6.